The van der Waals surface area contributed by atoms with Crippen molar-refractivity contribution >= 4 is 17.5 Å². The first-order valence-corrected chi connectivity index (χ1v) is 5.59. The van der Waals surface area contributed by atoms with Gasteiger partial charge in [-0.1, -0.05) is 11.6 Å². The van der Waals surface area contributed by atoms with Crippen molar-refractivity contribution in [3.05, 3.63) is 52.8 Å². The summed E-state index contributed by atoms with van der Waals surface area (Å²) in [4.78, 5) is 11.9. The summed E-state index contributed by atoms with van der Waals surface area (Å²) >= 11 is 5.76. The standard InChI is InChI=1S/C12H12ClN3O/c1-8(10-6-14-15-7-10)16-12(17)9-2-4-11(13)5-3-9/h2-8H,1H3,(H,14,15)(H,16,17). The first kappa shape index (κ1) is 11.7. The minimum atomic E-state index is -0.129. The van der Waals surface area contributed by atoms with Crippen molar-refractivity contribution in [1.82, 2.24) is 15.5 Å². The first-order valence-electron chi connectivity index (χ1n) is 5.22. The fourth-order valence-corrected chi connectivity index (χ4v) is 1.59. The van der Waals surface area contributed by atoms with Crippen LogP contribution in [0.4, 0.5) is 0 Å². The van der Waals surface area contributed by atoms with E-state index in [9.17, 15) is 4.79 Å². The molecule has 0 saturated carbocycles. The number of rotatable bonds is 3. The van der Waals surface area contributed by atoms with Gasteiger partial charge in [0.25, 0.3) is 5.91 Å². The van der Waals surface area contributed by atoms with E-state index in [-0.39, 0.29) is 11.9 Å². The molecule has 88 valence electrons. The van der Waals surface area contributed by atoms with Crippen LogP contribution in [0, 0.1) is 0 Å². The molecule has 1 atom stereocenters. The second-order valence-electron chi connectivity index (χ2n) is 3.73. The molecule has 4 nitrogen and oxygen atoms in total. The lowest BCUT2D eigenvalue weighted by Crippen LogP contribution is -2.26. The van der Waals surface area contributed by atoms with E-state index in [4.69, 9.17) is 11.6 Å². The Bertz CT molecular complexity index is 493. The molecule has 0 aliphatic heterocycles. The molecule has 0 aliphatic carbocycles. The summed E-state index contributed by atoms with van der Waals surface area (Å²) in [6.45, 7) is 1.90. The van der Waals surface area contributed by atoms with Crippen LogP contribution in [0.1, 0.15) is 28.9 Å². The highest BCUT2D eigenvalue weighted by Crippen LogP contribution is 2.12. The monoisotopic (exact) mass is 249 g/mol. The third-order valence-corrected chi connectivity index (χ3v) is 2.73. The fourth-order valence-electron chi connectivity index (χ4n) is 1.46. The number of benzene rings is 1. The van der Waals surface area contributed by atoms with Crippen LogP contribution in [-0.4, -0.2) is 16.1 Å². The van der Waals surface area contributed by atoms with E-state index in [1.54, 1.807) is 36.7 Å². The van der Waals surface area contributed by atoms with Crippen molar-refractivity contribution in [3.63, 3.8) is 0 Å². The summed E-state index contributed by atoms with van der Waals surface area (Å²) in [5.41, 5.74) is 1.53. The maximum atomic E-state index is 11.9. The molecule has 1 unspecified atom stereocenters. The Morgan fingerprint density at radius 2 is 2.12 bits per heavy atom. The molecule has 2 rings (SSSR count). The Balaban J connectivity index is 2.04. The number of hydrogen-bond donors (Lipinski definition) is 2. The quantitative estimate of drug-likeness (QED) is 0.878. The van der Waals surface area contributed by atoms with Gasteiger partial charge in [-0.05, 0) is 31.2 Å². The van der Waals surface area contributed by atoms with E-state index in [2.05, 4.69) is 15.5 Å². The third kappa shape index (κ3) is 2.85. The molecule has 0 fully saturated rings. The van der Waals surface area contributed by atoms with Crippen molar-refractivity contribution in [2.24, 2.45) is 0 Å². The van der Waals surface area contributed by atoms with Crippen LogP contribution in [0.15, 0.2) is 36.7 Å². The number of aromatic amines is 1. The number of nitrogens with zero attached hydrogens (tertiary/aromatic N) is 1. The van der Waals surface area contributed by atoms with Crippen molar-refractivity contribution in [1.29, 1.82) is 0 Å². The van der Waals surface area contributed by atoms with Gasteiger partial charge in [0.1, 0.15) is 0 Å². The highest BCUT2D eigenvalue weighted by atomic mass is 35.5. The van der Waals surface area contributed by atoms with Crippen LogP contribution in [0.3, 0.4) is 0 Å². The Morgan fingerprint density at radius 3 is 2.71 bits per heavy atom. The van der Waals surface area contributed by atoms with Crippen LogP contribution >= 0.6 is 11.6 Å². The van der Waals surface area contributed by atoms with Crippen LogP contribution in [0.25, 0.3) is 0 Å². The summed E-state index contributed by atoms with van der Waals surface area (Å²) < 4.78 is 0. The smallest absolute Gasteiger partial charge is 0.251 e. The van der Waals surface area contributed by atoms with Crippen LogP contribution in [-0.2, 0) is 0 Å². The first-order chi connectivity index (χ1) is 8.16. The van der Waals surface area contributed by atoms with Crippen molar-refractivity contribution in [2.75, 3.05) is 0 Å². The topological polar surface area (TPSA) is 57.8 Å². The molecule has 0 radical (unpaired) electrons. The molecular weight excluding hydrogens is 238 g/mol. The Hall–Kier alpha value is -1.81. The number of aromatic nitrogens is 2. The number of H-pyrrole nitrogens is 1. The summed E-state index contributed by atoms with van der Waals surface area (Å²) in [5, 5.41) is 10.0. The second-order valence-corrected chi connectivity index (χ2v) is 4.17. The number of nitrogens with one attached hydrogen (secondary N) is 2. The van der Waals surface area contributed by atoms with Gasteiger partial charge in [0.15, 0.2) is 0 Å². The maximum Gasteiger partial charge on any atom is 0.251 e. The zero-order chi connectivity index (χ0) is 12.3. The van der Waals surface area contributed by atoms with Gasteiger partial charge in [0.05, 0.1) is 12.2 Å². The molecule has 0 aliphatic rings. The van der Waals surface area contributed by atoms with Crippen LogP contribution in [0.2, 0.25) is 5.02 Å². The molecule has 0 spiro atoms. The van der Waals surface area contributed by atoms with Gasteiger partial charge in [-0.3, -0.25) is 9.89 Å². The Labute approximate surface area is 104 Å². The van der Waals surface area contributed by atoms with E-state index in [0.717, 1.165) is 5.56 Å². The average Bonchev–Trinajstić information content (AvgIpc) is 2.83. The number of hydrogen-bond acceptors (Lipinski definition) is 2. The van der Waals surface area contributed by atoms with E-state index in [1.165, 1.54) is 0 Å². The summed E-state index contributed by atoms with van der Waals surface area (Å²) in [5.74, 6) is -0.129. The Kier molecular flexibility index (Phi) is 3.44. The number of carbonyl (C=O) groups excluding carboxylic acids is 1. The van der Waals surface area contributed by atoms with Gasteiger partial charge < -0.3 is 5.32 Å². The predicted molar refractivity (Wildman–Crippen MR) is 65.9 cm³/mol. The van der Waals surface area contributed by atoms with Crippen LogP contribution < -0.4 is 5.32 Å². The van der Waals surface area contributed by atoms with Gasteiger partial charge in [-0.15, -0.1) is 0 Å². The van der Waals surface area contributed by atoms with Gasteiger partial charge in [-0.25, -0.2) is 0 Å². The number of amides is 1. The van der Waals surface area contributed by atoms with Gasteiger partial charge >= 0.3 is 0 Å². The van der Waals surface area contributed by atoms with E-state index >= 15 is 0 Å². The lowest BCUT2D eigenvalue weighted by Gasteiger charge is -2.11. The molecule has 2 N–H and O–H groups in total. The average molecular weight is 250 g/mol. The molecule has 5 heteroatoms. The van der Waals surface area contributed by atoms with Gasteiger partial charge in [0.2, 0.25) is 0 Å². The molecular formula is C12H12ClN3O. The lowest BCUT2D eigenvalue weighted by molar-refractivity contribution is 0.0940. The van der Waals surface area contributed by atoms with Crippen molar-refractivity contribution < 1.29 is 4.79 Å². The number of carbonyl (C=O) groups is 1. The van der Waals surface area contributed by atoms with Crippen molar-refractivity contribution in [3.8, 4) is 0 Å². The predicted octanol–water partition coefficient (Wildman–Crippen LogP) is 2.55. The van der Waals surface area contributed by atoms with E-state index in [1.807, 2.05) is 6.92 Å². The third-order valence-electron chi connectivity index (χ3n) is 2.47. The summed E-state index contributed by atoms with van der Waals surface area (Å²) in [6.07, 6.45) is 3.44. The molecule has 2 aromatic rings. The minimum absolute atomic E-state index is 0.0862. The van der Waals surface area contributed by atoms with Crippen molar-refractivity contribution in [2.45, 2.75) is 13.0 Å². The normalized spacial score (nSPS) is 12.1. The lowest BCUT2D eigenvalue weighted by atomic mass is 10.1. The summed E-state index contributed by atoms with van der Waals surface area (Å²) in [7, 11) is 0. The molecule has 0 bridgehead atoms. The van der Waals surface area contributed by atoms with Crippen LogP contribution in [0.5, 0.6) is 0 Å². The molecule has 1 heterocycles. The summed E-state index contributed by atoms with van der Waals surface area (Å²) in [6, 6.07) is 6.69. The minimum Gasteiger partial charge on any atom is -0.345 e. The molecule has 1 aromatic carbocycles. The largest absolute Gasteiger partial charge is 0.345 e. The fraction of sp³-hybridized carbons (Fsp3) is 0.167. The zero-order valence-corrected chi connectivity index (χ0v) is 10.0. The highest BCUT2D eigenvalue weighted by molar-refractivity contribution is 6.30. The van der Waals surface area contributed by atoms with Gasteiger partial charge in [-0.2, -0.15) is 5.10 Å². The van der Waals surface area contributed by atoms with Gasteiger partial charge in [0, 0.05) is 22.3 Å². The molecule has 1 aromatic heterocycles. The van der Waals surface area contributed by atoms with E-state index < -0.39 is 0 Å². The highest BCUT2D eigenvalue weighted by Gasteiger charge is 2.11. The number of halogens is 1. The van der Waals surface area contributed by atoms with E-state index in [0.29, 0.717) is 10.6 Å². The molecule has 0 saturated heterocycles. The molecule has 17 heavy (non-hydrogen) atoms. The maximum absolute atomic E-state index is 11.9. The molecule has 1 amide bonds. The second kappa shape index (κ2) is 5.01. The Morgan fingerprint density at radius 1 is 1.41 bits per heavy atom. The zero-order valence-electron chi connectivity index (χ0n) is 9.27. The SMILES string of the molecule is CC(NC(=O)c1ccc(Cl)cc1)c1cn[nH]c1.